The predicted octanol–water partition coefficient (Wildman–Crippen LogP) is 3.99. The highest BCUT2D eigenvalue weighted by molar-refractivity contribution is 9.08. The molecule has 1 aromatic rings. The molecule has 3 heteroatoms. The Bertz CT molecular complexity index is 395. The summed E-state index contributed by atoms with van der Waals surface area (Å²) >= 11 is 3.39. The highest BCUT2D eigenvalue weighted by Crippen LogP contribution is 2.24. The number of rotatable bonds is 5. The molecule has 1 aromatic carbocycles. The SMILES string of the molecule is CC(C)C(C)(C)CNC(=O)c1ccc(CBr)cc1. The van der Waals surface area contributed by atoms with Crippen LogP contribution in [-0.2, 0) is 5.33 Å². The molecule has 1 N–H and O–H groups in total. The van der Waals surface area contributed by atoms with Crippen molar-refractivity contribution in [2.45, 2.75) is 33.0 Å². The minimum Gasteiger partial charge on any atom is -0.351 e. The Kier molecular flexibility index (Phi) is 5.39. The molecule has 18 heavy (non-hydrogen) atoms. The Morgan fingerprint density at radius 2 is 1.83 bits per heavy atom. The minimum absolute atomic E-state index is 0.00449. The lowest BCUT2D eigenvalue weighted by atomic mass is 9.81. The van der Waals surface area contributed by atoms with Crippen molar-refractivity contribution in [3.8, 4) is 0 Å². The molecule has 0 atom stereocenters. The van der Waals surface area contributed by atoms with Crippen molar-refractivity contribution < 1.29 is 4.79 Å². The van der Waals surface area contributed by atoms with E-state index in [0.29, 0.717) is 12.5 Å². The number of benzene rings is 1. The second-order valence-corrected chi connectivity index (χ2v) is 6.22. The molecule has 0 spiro atoms. The smallest absolute Gasteiger partial charge is 0.251 e. The van der Waals surface area contributed by atoms with Crippen molar-refractivity contribution in [3.05, 3.63) is 35.4 Å². The maximum atomic E-state index is 12.0. The summed E-state index contributed by atoms with van der Waals surface area (Å²) in [4.78, 5) is 12.0. The third kappa shape index (κ3) is 4.13. The molecule has 0 radical (unpaired) electrons. The fourth-order valence-corrected chi connectivity index (χ4v) is 1.73. The Labute approximate surface area is 118 Å². The number of halogens is 1. The van der Waals surface area contributed by atoms with E-state index in [0.717, 1.165) is 10.9 Å². The van der Waals surface area contributed by atoms with Crippen LogP contribution in [0.5, 0.6) is 0 Å². The largest absolute Gasteiger partial charge is 0.351 e. The number of nitrogens with one attached hydrogen (secondary N) is 1. The Morgan fingerprint density at radius 1 is 1.28 bits per heavy atom. The van der Waals surface area contributed by atoms with Crippen LogP contribution in [0.3, 0.4) is 0 Å². The molecule has 1 rings (SSSR count). The minimum atomic E-state index is 0.00449. The Morgan fingerprint density at radius 3 is 2.28 bits per heavy atom. The molecule has 0 unspecified atom stereocenters. The van der Waals surface area contributed by atoms with E-state index in [1.807, 2.05) is 24.3 Å². The van der Waals surface area contributed by atoms with Crippen LogP contribution in [0, 0.1) is 11.3 Å². The first-order valence-corrected chi connectivity index (χ1v) is 7.42. The van der Waals surface area contributed by atoms with E-state index in [-0.39, 0.29) is 11.3 Å². The van der Waals surface area contributed by atoms with Gasteiger partial charge < -0.3 is 5.32 Å². The average molecular weight is 312 g/mol. The van der Waals surface area contributed by atoms with E-state index >= 15 is 0 Å². The first kappa shape index (κ1) is 15.2. The zero-order valence-electron chi connectivity index (χ0n) is 11.6. The highest BCUT2D eigenvalue weighted by Gasteiger charge is 2.23. The molecule has 0 aliphatic rings. The molecule has 0 aliphatic carbocycles. The van der Waals surface area contributed by atoms with Crippen LogP contribution in [0.25, 0.3) is 0 Å². The highest BCUT2D eigenvalue weighted by atomic mass is 79.9. The van der Waals surface area contributed by atoms with E-state index in [1.54, 1.807) is 0 Å². The Hall–Kier alpha value is -0.830. The van der Waals surface area contributed by atoms with Gasteiger partial charge in [0.2, 0.25) is 0 Å². The van der Waals surface area contributed by atoms with Crippen molar-refractivity contribution in [2.75, 3.05) is 6.54 Å². The first-order chi connectivity index (χ1) is 8.36. The average Bonchev–Trinajstić information content (AvgIpc) is 2.36. The van der Waals surface area contributed by atoms with Gasteiger partial charge in [-0.05, 0) is 29.0 Å². The maximum Gasteiger partial charge on any atom is 0.251 e. The van der Waals surface area contributed by atoms with Crippen LogP contribution in [0.1, 0.15) is 43.6 Å². The summed E-state index contributed by atoms with van der Waals surface area (Å²) in [5, 5.41) is 3.82. The standard InChI is InChI=1S/C15H22BrNO/c1-11(2)15(3,4)10-17-14(18)13-7-5-12(9-16)6-8-13/h5-8,11H,9-10H2,1-4H3,(H,17,18). The number of hydrogen-bond donors (Lipinski definition) is 1. The van der Waals surface area contributed by atoms with Crippen molar-refractivity contribution in [1.29, 1.82) is 0 Å². The van der Waals surface area contributed by atoms with E-state index in [1.165, 1.54) is 5.56 Å². The number of carbonyl (C=O) groups is 1. The molecular formula is C15H22BrNO. The summed E-state index contributed by atoms with van der Waals surface area (Å²) in [6, 6.07) is 7.68. The van der Waals surface area contributed by atoms with Gasteiger partial charge in [0, 0.05) is 17.4 Å². The lowest BCUT2D eigenvalue weighted by Gasteiger charge is -2.29. The third-order valence-electron chi connectivity index (χ3n) is 3.64. The summed E-state index contributed by atoms with van der Waals surface area (Å²) in [5.41, 5.74) is 2.01. The van der Waals surface area contributed by atoms with E-state index in [9.17, 15) is 4.79 Å². The van der Waals surface area contributed by atoms with Gasteiger partial charge in [0.05, 0.1) is 0 Å². The quantitative estimate of drug-likeness (QED) is 0.818. The first-order valence-electron chi connectivity index (χ1n) is 6.30. The van der Waals surface area contributed by atoms with Crippen molar-refractivity contribution in [1.82, 2.24) is 5.32 Å². The summed E-state index contributed by atoms with van der Waals surface area (Å²) in [6.45, 7) is 9.40. The predicted molar refractivity (Wildman–Crippen MR) is 80.0 cm³/mol. The zero-order chi connectivity index (χ0) is 13.8. The lowest BCUT2D eigenvalue weighted by Crippen LogP contribution is -2.36. The summed E-state index contributed by atoms with van der Waals surface area (Å²) in [7, 11) is 0. The number of carbonyl (C=O) groups excluding carboxylic acids is 1. The third-order valence-corrected chi connectivity index (χ3v) is 4.29. The van der Waals surface area contributed by atoms with Crippen molar-refractivity contribution in [2.24, 2.45) is 11.3 Å². The van der Waals surface area contributed by atoms with E-state index in [2.05, 4.69) is 48.9 Å². The molecule has 1 amide bonds. The zero-order valence-corrected chi connectivity index (χ0v) is 13.2. The van der Waals surface area contributed by atoms with Crippen LogP contribution >= 0.6 is 15.9 Å². The number of hydrogen-bond acceptors (Lipinski definition) is 1. The Balaban J connectivity index is 2.60. The molecule has 2 nitrogen and oxygen atoms in total. The molecule has 0 heterocycles. The van der Waals surface area contributed by atoms with Gasteiger partial charge in [-0.1, -0.05) is 55.8 Å². The van der Waals surface area contributed by atoms with Crippen LogP contribution < -0.4 is 5.32 Å². The molecule has 0 aromatic heterocycles. The van der Waals surface area contributed by atoms with Gasteiger partial charge in [0.1, 0.15) is 0 Å². The molecule has 0 saturated heterocycles. The summed E-state index contributed by atoms with van der Waals surface area (Å²) in [6.07, 6.45) is 0. The lowest BCUT2D eigenvalue weighted by molar-refractivity contribution is 0.0925. The molecule has 0 fully saturated rings. The summed E-state index contributed by atoms with van der Waals surface area (Å²) < 4.78 is 0. The van der Waals surface area contributed by atoms with Gasteiger partial charge in [-0.25, -0.2) is 0 Å². The normalized spacial score (nSPS) is 11.7. The maximum absolute atomic E-state index is 12.0. The molecule has 0 bridgehead atoms. The van der Waals surface area contributed by atoms with Gasteiger partial charge in [-0.15, -0.1) is 0 Å². The van der Waals surface area contributed by atoms with Gasteiger partial charge >= 0.3 is 0 Å². The van der Waals surface area contributed by atoms with Gasteiger partial charge in [-0.3, -0.25) is 4.79 Å². The monoisotopic (exact) mass is 311 g/mol. The topological polar surface area (TPSA) is 29.1 Å². The van der Waals surface area contributed by atoms with E-state index < -0.39 is 0 Å². The van der Waals surface area contributed by atoms with Crippen molar-refractivity contribution >= 4 is 21.8 Å². The van der Waals surface area contributed by atoms with Crippen LogP contribution in [0.2, 0.25) is 0 Å². The summed E-state index contributed by atoms with van der Waals surface area (Å²) in [5.74, 6) is 0.540. The van der Waals surface area contributed by atoms with Gasteiger partial charge in [0.15, 0.2) is 0 Å². The second kappa shape index (κ2) is 6.37. The molecule has 0 aliphatic heterocycles. The number of amides is 1. The van der Waals surface area contributed by atoms with Crippen LogP contribution in [0.15, 0.2) is 24.3 Å². The van der Waals surface area contributed by atoms with Crippen LogP contribution in [0.4, 0.5) is 0 Å². The molecular weight excluding hydrogens is 290 g/mol. The second-order valence-electron chi connectivity index (χ2n) is 5.66. The molecule has 0 saturated carbocycles. The fourth-order valence-electron chi connectivity index (χ4n) is 1.36. The number of alkyl halides is 1. The van der Waals surface area contributed by atoms with Gasteiger partial charge in [0.25, 0.3) is 5.91 Å². The fraction of sp³-hybridized carbons (Fsp3) is 0.533. The van der Waals surface area contributed by atoms with Crippen LogP contribution in [-0.4, -0.2) is 12.5 Å². The van der Waals surface area contributed by atoms with E-state index in [4.69, 9.17) is 0 Å². The van der Waals surface area contributed by atoms with Gasteiger partial charge in [-0.2, -0.15) is 0 Å². The molecule has 100 valence electrons. The van der Waals surface area contributed by atoms with Crippen molar-refractivity contribution in [3.63, 3.8) is 0 Å².